The van der Waals surface area contributed by atoms with Crippen LogP contribution in [0.5, 0.6) is 5.75 Å². The Morgan fingerprint density at radius 2 is 1.67 bits per heavy atom. The Bertz CT molecular complexity index is 625. The smallest absolute Gasteiger partial charge is 0.119 e. The molecule has 1 atom stereocenters. The van der Waals surface area contributed by atoms with E-state index in [0.717, 1.165) is 44.0 Å². The Hall–Kier alpha value is -1.88. The minimum Gasteiger partial charge on any atom is -0.497 e. The van der Waals surface area contributed by atoms with Crippen LogP contribution in [-0.4, -0.2) is 54.7 Å². The maximum atomic E-state index is 10.5. The number of hydrogen-bond donors (Lipinski definition) is 1. The third-order valence-corrected chi connectivity index (χ3v) is 4.62. The molecule has 1 aliphatic heterocycles. The molecule has 0 bridgehead atoms. The Morgan fingerprint density at radius 3 is 2.38 bits per heavy atom. The molecule has 1 saturated heterocycles. The van der Waals surface area contributed by atoms with Crippen LogP contribution in [0.4, 0.5) is 0 Å². The molecule has 0 aliphatic carbocycles. The van der Waals surface area contributed by atoms with Gasteiger partial charge in [-0.05, 0) is 23.3 Å². The van der Waals surface area contributed by atoms with Crippen LogP contribution in [0.3, 0.4) is 0 Å². The summed E-state index contributed by atoms with van der Waals surface area (Å²) in [6, 6.07) is 18.3. The standard InChI is InChI=1S/C20H26N2O2/c1-24-19-9-5-8-18(14-19)20(23)16-22-12-10-21(11-13-22)15-17-6-3-2-4-7-17/h2-9,14,20,23H,10-13,15-16H2,1H3. The first-order valence-corrected chi connectivity index (χ1v) is 8.55. The molecule has 1 unspecified atom stereocenters. The molecule has 1 N–H and O–H groups in total. The summed E-state index contributed by atoms with van der Waals surface area (Å²) in [6.45, 7) is 5.75. The number of piperazine rings is 1. The first kappa shape index (κ1) is 17.0. The minimum absolute atomic E-state index is 0.472. The van der Waals surface area contributed by atoms with Crippen LogP contribution >= 0.6 is 0 Å². The number of rotatable bonds is 6. The van der Waals surface area contributed by atoms with Crippen molar-refractivity contribution in [3.8, 4) is 5.75 Å². The van der Waals surface area contributed by atoms with Crippen LogP contribution < -0.4 is 4.74 Å². The fraction of sp³-hybridized carbons (Fsp3) is 0.400. The summed E-state index contributed by atoms with van der Waals surface area (Å²) in [7, 11) is 1.65. The summed E-state index contributed by atoms with van der Waals surface area (Å²) in [5, 5.41) is 10.5. The van der Waals surface area contributed by atoms with E-state index in [4.69, 9.17) is 4.74 Å². The van der Waals surface area contributed by atoms with Gasteiger partial charge in [0.25, 0.3) is 0 Å². The molecule has 0 spiro atoms. The molecule has 3 rings (SSSR count). The molecule has 1 fully saturated rings. The van der Waals surface area contributed by atoms with Crippen molar-refractivity contribution in [3.05, 3.63) is 65.7 Å². The predicted molar refractivity (Wildman–Crippen MR) is 96.1 cm³/mol. The molecule has 24 heavy (non-hydrogen) atoms. The lowest BCUT2D eigenvalue weighted by molar-refractivity contribution is 0.0700. The molecule has 2 aromatic carbocycles. The number of methoxy groups -OCH3 is 1. The molecule has 1 aliphatic rings. The van der Waals surface area contributed by atoms with E-state index in [1.807, 2.05) is 24.3 Å². The summed E-state index contributed by atoms with van der Waals surface area (Å²) >= 11 is 0. The zero-order valence-electron chi connectivity index (χ0n) is 14.3. The van der Waals surface area contributed by atoms with Gasteiger partial charge in [-0.2, -0.15) is 0 Å². The molecule has 4 nitrogen and oxygen atoms in total. The number of nitrogens with zero attached hydrogens (tertiary/aromatic N) is 2. The molecular weight excluding hydrogens is 300 g/mol. The quantitative estimate of drug-likeness (QED) is 0.885. The Morgan fingerprint density at radius 1 is 0.958 bits per heavy atom. The predicted octanol–water partition coefficient (Wildman–Crippen LogP) is 2.55. The van der Waals surface area contributed by atoms with Gasteiger partial charge in [-0.1, -0.05) is 42.5 Å². The maximum Gasteiger partial charge on any atom is 0.119 e. The summed E-state index contributed by atoms with van der Waals surface area (Å²) in [5.41, 5.74) is 2.28. The maximum absolute atomic E-state index is 10.5. The van der Waals surface area contributed by atoms with Gasteiger partial charge < -0.3 is 9.84 Å². The second-order valence-corrected chi connectivity index (χ2v) is 6.35. The lowest BCUT2D eigenvalue weighted by Crippen LogP contribution is -2.47. The summed E-state index contributed by atoms with van der Waals surface area (Å²) in [4.78, 5) is 4.81. The number of ether oxygens (including phenoxy) is 1. The van der Waals surface area contributed by atoms with Crippen molar-refractivity contribution in [1.29, 1.82) is 0 Å². The van der Waals surface area contributed by atoms with Gasteiger partial charge in [0.15, 0.2) is 0 Å². The number of aliphatic hydroxyl groups is 1. The van der Waals surface area contributed by atoms with Gasteiger partial charge in [0.1, 0.15) is 5.75 Å². The molecule has 0 amide bonds. The fourth-order valence-corrected chi connectivity index (χ4v) is 3.17. The summed E-state index contributed by atoms with van der Waals surface area (Å²) in [6.07, 6.45) is -0.472. The Labute approximate surface area is 144 Å². The zero-order chi connectivity index (χ0) is 16.8. The first-order valence-electron chi connectivity index (χ1n) is 8.55. The van der Waals surface area contributed by atoms with Crippen LogP contribution in [-0.2, 0) is 6.54 Å². The normalized spacial score (nSPS) is 17.6. The van der Waals surface area contributed by atoms with Crippen LogP contribution in [0, 0.1) is 0 Å². The average molecular weight is 326 g/mol. The van der Waals surface area contributed by atoms with Gasteiger partial charge in [-0.3, -0.25) is 9.80 Å². The van der Waals surface area contributed by atoms with Crippen molar-refractivity contribution in [2.75, 3.05) is 39.8 Å². The van der Waals surface area contributed by atoms with Gasteiger partial charge in [0.05, 0.1) is 13.2 Å². The van der Waals surface area contributed by atoms with E-state index in [0.29, 0.717) is 6.54 Å². The molecule has 2 aromatic rings. The molecule has 1 heterocycles. The number of β-amino-alcohol motifs (C(OH)–C–C–N with tert-alkyl or cyclic N) is 1. The lowest BCUT2D eigenvalue weighted by Gasteiger charge is -2.35. The van der Waals surface area contributed by atoms with E-state index in [1.165, 1.54) is 5.56 Å². The van der Waals surface area contributed by atoms with Crippen LogP contribution in [0.25, 0.3) is 0 Å². The van der Waals surface area contributed by atoms with E-state index in [2.05, 4.69) is 40.1 Å². The van der Waals surface area contributed by atoms with Gasteiger partial charge in [-0.25, -0.2) is 0 Å². The monoisotopic (exact) mass is 326 g/mol. The summed E-state index contributed by atoms with van der Waals surface area (Å²) in [5.74, 6) is 0.791. The van der Waals surface area contributed by atoms with Crippen molar-refractivity contribution in [1.82, 2.24) is 9.80 Å². The van der Waals surface area contributed by atoms with Gasteiger partial charge in [0, 0.05) is 39.3 Å². The van der Waals surface area contributed by atoms with E-state index in [-0.39, 0.29) is 0 Å². The molecule has 0 saturated carbocycles. The zero-order valence-corrected chi connectivity index (χ0v) is 14.3. The molecular formula is C20H26N2O2. The van der Waals surface area contributed by atoms with Gasteiger partial charge >= 0.3 is 0 Å². The number of aliphatic hydroxyl groups excluding tert-OH is 1. The SMILES string of the molecule is COc1cccc(C(O)CN2CCN(Cc3ccccc3)CC2)c1. The van der Waals surface area contributed by atoms with Gasteiger partial charge in [-0.15, -0.1) is 0 Å². The average Bonchev–Trinajstić information content (AvgIpc) is 2.64. The van der Waals surface area contributed by atoms with Crippen LogP contribution in [0.1, 0.15) is 17.2 Å². The van der Waals surface area contributed by atoms with E-state index < -0.39 is 6.10 Å². The highest BCUT2D eigenvalue weighted by atomic mass is 16.5. The fourth-order valence-electron chi connectivity index (χ4n) is 3.17. The third kappa shape index (κ3) is 4.57. The van der Waals surface area contributed by atoms with Crippen molar-refractivity contribution in [3.63, 3.8) is 0 Å². The van der Waals surface area contributed by atoms with Crippen LogP contribution in [0.15, 0.2) is 54.6 Å². The van der Waals surface area contributed by atoms with Crippen molar-refractivity contribution in [2.24, 2.45) is 0 Å². The highest BCUT2D eigenvalue weighted by Gasteiger charge is 2.20. The van der Waals surface area contributed by atoms with E-state index in [9.17, 15) is 5.11 Å². The summed E-state index contributed by atoms with van der Waals surface area (Å²) < 4.78 is 5.23. The van der Waals surface area contributed by atoms with E-state index >= 15 is 0 Å². The number of hydrogen-bond acceptors (Lipinski definition) is 4. The Balaban J connectivity index is 1.48. The first-order chi connectivity index (χ1) is 11.7. The molecule has 128 valence electrons. The van der Waals surface area contributed by atoms with Gasteiger partial charge in [0.2, 0.25) is 0 Å². The second-order valence-electron chi connectivity index (χ2n) is 6.35. The van der Waals surface area contributed by atoms with Crippen molar-refractivity contribution in [2.45, 2.75) is 12.6 Å². The third-order valence-electron chi connectivity index (χ3n) is 4.62. The molecule has 0 radical (unpaired) electrons. The highest BCUT2D eigenvalue weighted by Crippen LogP contribution is 2.20. The van der Waals surface area contributed by atoms with E-state index in [1.54, 1.807) is 7.11 Å². The second kappa shape index (κ2) is 8.29. The van der Waals surface area contributed by atoms with Crippen molar-refractivity contribution >= 4 is 0 Å². The molecule has 0 aromatic heterocycles. The topological polar surface area (TPSA) is 35.9 Å². The lowest BCUT2D eigenvalue weighted by atomic mass is 10.1. The minimum atomic E-state index is -0.472. The largest absolute Gasteiger partial charge is 0.497 e. The van der Waals surface area contributed by atoms with Crippen molar-refractivity contribution < 1.29 is 9.84 Å². The highest BCUT2D eigenvalue weighted by molar-refractivity contribution is 5.30. The number of benzene rings is 2. The van der Waals surface area contributed by atoms with Crippen LogP contribution in [0.2, 0.25) is 0 Å². The molecule has 4 heteroatoms. The Kier molecular flexibility index (Phi) is 5.86.